The first-order valence-corrected chi connectivity index (χ1v) is 8.23. The average Bonchev–Trinajstić information content (AvgIpc) is 2.62. The highest BCUT2D eigenvalue weighted by Gasteiger charge is 2.19. The maximum atomic E-state index is 12.5. The molecule has 25 heavy (non-hydrogen) atoms. The van der Waals surface area contributed by atoms with Crippen molar-refractivity contribution in [1.29, 1.82) is 0 Å². The minimum Gasteiger partial charge on any atom is -0.493 e. The number of methoxy groups -OCH3 is 2. The van der Waals surface area contributed by atoms with Crippen molar-refractivity contribution in [3.8, 4) is 11.5 Å². The van der Waals surface area contributed by atoms with Gasteiger partial charge in [-0.2, -0.15) is 0 Å². The number of hydrogen-bond acceptors (Lipinski definition) is 4. The topological polar surface area (TPSA) is 50.8 Å². The van der Waals surface area contributed by atoms with Crippen LogP contribution in [0.3, 0.4) is 0 Å². The number of carbonyl (C=O) groups excluding carboxylic acids is 1. The third kappa shape index (κ3) is 4.97. The summed E-state index contributed by atoms with van der Waals surface area (Å²) in [4.78, 5) is 14.5. The van der Waals surface area contributed by atoms with Gasteiger partial charge in [-0.15, -0.1) is 0 Å². The molecule has 0 aliphatic rings. The lowest BCUT2D eigenvalue weighted by Crippen LogP contribution is -2.39. The molecule has 2 aromatic rings. The molecule has 0 saturated heterocycles. The monoisotopic (exact) mass is 342 g/mol. The van der Waals surface area contributed by atoms with Crippen molar-refractivity contribution in [2.45, 2.75) is 26.4 Å². The molecule has 0 aromatic heterocycles. The normalized spacial score (nSPS) is 11.9. The van der Waals surface area contributed by atoms with Gasteiger partial charge >= 0.3 is 0 Å². The van der Waals surface area contributed by atoms with Crippen molar-refractivity contribution in [1.82, 2.24) is 4.90 Å². The van der Waals surface area contributed by atoms with Gasteiger partial charge in [0.15, 0.2) is 11.5 Å². The molecule has 1 N–H and O–H groups in total. The number of benzene rings is 2. The molecule has 2 rings (SSSR count). The van der Waals surface area contributed by atoms with Crippen LogP contribution in [0.5, 0.6) is 11.5 Å². The third-order valence-corrected chi connectivity index (χ3v) is 4.24. The van der Waals surface area contributed by atoms with E-state index in [0.717, 1.165) is 0 Å². The number of hydrogen-bond donors (Lipinski definition) is 1. The highest BCUT2D eigenvalue weighted by molar-refractivity contribution is 5.94. The van der Waals surface area contributed by atoms with Crippen molar-refractivity contribution in [3.63, 3.8) is 0 Å². The molecule has 0 bridgehead atoms. The van der Waals surface area contributed by atoms with Gasteiger partial charge in [0.2, 0.25) is 5.91 Å². The molecule has 0 fully saturated rings. The molecule has 0 aliphatic carbocycles. The highest BCUT2D eigenvalue weighted by Crippen LogP contribution is 2.29. The molecule has 134 valence electrons. The smallest absolute Gasteiger partial charge is 0.241 e. The van der Waals surface area contributed by atoms with Crippen LogP contribution in [0.15, 0.2) is 42.5 Å². The van der Waals surface area contributed by atoms with Gasteiger partial charge in [0.05, 0.1) is 20.3 Å². The summed E-state index contributed by atoms with van der Waals surface area (Å²) in [5.41, 5.74) is 3.09. The van der Waals surface area contributed by atoms with Crippen molar-refractivity contribution in [2.75, 3.05) is 26.6 Å². The zero-order valence-corrected chi connectivity index (χ0v) is 15.5. The van der Waals surface area contributed by atoms with Gasteiger partial charge in [0.1, 0.15) is 0 Å². The van der Waals surface area contributed by atoms with E-state index in [1.165, 1.54) is 11.1 Å². The van der Waals surface area contributed by atoms with Gasteiger partial charge in [-0.1, -0.05) is 29.8 Å². The number of likely N-dealkylation sites (N-methyl/N-ethyl adjacent to an activating group) is 1. The Morgan fingerprint density at radius 2 is 1.72 bits per heavy atom. The Bertz CT molecular complexity index is 713. The van der Waals surface area contributed by atoms with Crippen LogP contribution < -0.4 is 14.8 Å². The Morgan fingerprint density at radius 3 is 2.32 bits per heavy atom. The second kappa shape index (κ2) is 8.53. The number of aryl methyl sites for hydroxylation is 1. The Kier molecular flexibility index (Phi) is 6.42. The first-order valence-electron chi connectivity index (χ1n) is 8.23. The minimum absolute atomic E-state index is 0.0677. The standard InChI is InChI=1S/C20H26N2O3/c1-14-6-8-16(9-7-14)13-22(3)15(2)20(23)21-17-10-11-18(24-4)19(12-17)25-5/h6-12,15H,13H2,1-5H3,(H,21,23). The summed E-state index contributed by atoms with van der Waals surface area (Å²) < 4.78 is 10.5. The maximum absolute atomic E-state index is 12.5. The Labute approximate surface area is 149 Å². The number of rotatable bonds is 7. The zero-order chi connectivity index (χ0) is 18.4. The third-order valence-electron chi connectivity index (χ3n) is 4.24. The van der Waals surface area contributed by atoms with Crippen molar-refractivity contribution >= 4 is 11.6 Å². The molecule has 0 spiro atoms. The summed E-state index contributed by atoms with van der Waals surface area (Å²) in [5, 5.41) is 2.93. The van der Waals surface area contributed by atoms with E-state index < -0.39 is 0 Å². The SMILES string of the molecule is COc1ccc(NC(=O)C(C)N(C)Cc2ccc(C)cc2)cc1OC. The predicted octanol–water partition coefficient (Wildman–Crippen LogP) is 3.47. The number of ether oxygens (including phenoxy) is 2. The number of carbonyl (C=O) groups is 1. The second-order valence-electron chi connectivity index (χ2n) is 6.14. The molecule has 2 aromatic carbocycles. The van der Waals surface area contributed by atoms with E-state index in [0.29, 0.717) is 23.7 Å². The minimum atomic E-state index is -0.269. The average molecular weight is 342 g/mol. The first kappa shape index (κ1) is 18.8. The predicted molar refractivity (Wildman–Crippen MR) is 100 cm³/mol. The molecule has 0 radical (unpaired) electrons. The van der Waals surface area contributed by atoms with Crippen molar-refractivity contribution in [3.05, 3.63) is 53.6 Å². The van der Waals surface area contributed by atoms with E-state index in [1.807, 2.05) is 18.9 Å². The van der Waals surface area contributed by atoms with Gasteiger partial charge in [-0.3, -0.25) is 9.69 Å². The van der Waals surface area contributed by atoms with E-state index in [2.05, 4.69) is 36.5 Å². The molecular formula is C20H26N2O3. The van der Waals surface area contributed by atoms with Gasteiger partial charge in [0, 0.05) is 18.3 Å². The molecule has 5 heteroatoms. The molecule has 0 saturated carbocycles. The lowest BCUT2D eigenvalue weighted by molar-refractivity contribution is -0.120. The summed E-state index contributed by atoms with van der Waals surface area (Å²) in [7, 11) is 5.10. The molecular weight excluding hydrogens is 316 g/mol. The first-order chi connectivity index (χ1) is 11.9. The fourth-order valence-corrected chi connectivity index (χ4v) is 2.48. The number of anilines is 1. The van der Waals surface area contributed by atoms with Crippen molar-refractivity contribution < 1.29 is 14.3 Å². The molecule has 5 nitrogen and oxygen atoms in total. The molecule has 1 unspecified atom stereocenters. The molecule has 0 aliphatic heterocycles. The van der Waals surface area contributed by atoms with Crippen LogP contribution in [0.2, 0.25) is 0 Å². The largest absolute Gasteiger partial charge is 0.493 e. The Morgan fingerprint density at radius 1 is 1.08 bits per heavy atom. The van der Waals surface area contributed by atoms with Crippen LogP contribution in [0.4, 0.5) is 5.69 Å². The lowest BCUT2D eigenvalue weighted by Gasteiger charge is -2.24. The van der Waals surface area contributed by atoms with Crippen LogP contribution in [-0.4, -0.2) is 38.1 Å². The van der Waals surface area contributed by atoms with Crippen molar-refractivity contribution in [2.24, 2.45) is 0 Å². The lowest BCUT2D eigenvalue weighted by atomic mass is 10.1. The summed E-state index contributed by atoms with van der Waals surface area (Å²) in [6, 6.07) is 13.4. The summed E-state index contributed by atoms with van der Waals surface area (Å²) in [6.45, 7) is 4.66. The zero-order valence-electron chi connectivity index (χ0n) is 15.5. The van der Waals surface area contributed by atoms with Gasteiger partial charge in [-0.25, -0.2) is 0 Å². The maximum Gasteiger partial charge on any atom is 0.241 e. The number of nitrogens with zero attached hydrogens (tertiary/aromatic N) is 1. The van der Waals surface area contributed by atoms with Gasteiger partial charge in [-0.05, 0) is 38.6 Å². The summed E-state index contributed by atoms with van der Waals surface area (Å²) in [6.07, 6.45) is 0. The fraction of sp³-hybridized carbons (Fsp3) is 0.350. The van der Waals surface area contributed by atoms with Crippen LogP contribution in [0.1, 0.15) is 18.1 Å². The van der Waals surface area contributed by atoms with E-state index in [1.54, 1.807) is 32.4 Å². The molecule has 1 atom stereocenters. The van der Waals surface area contributed by atoms with Crippen LogP contribution in [-0.2, 0) is 11.3 Å². The summed E-state index contributed by atoms with van der Waals surface area (Å²) >= 11 is 0. The number of amides is 1. The van der Waals surface area contributed by atoms with E-state index in [9.17, 15) is 4.79 Å². The second-order valence-corrected chi connectivity index (χ2v) is 6.14. The van der Waals surface area contributed by atoms with Crippen LogP contribution in [0, 0.1) is 6.92 Å². The fourth-order valence-electron chi connectivity index (χ4n) is 2.48. The van der Waals surface area contributed by atoms with E-state index >= 15 is 0 Å². The van der Waals surface area contributed by atoms with Gasteiger partial charge < -0.3 is 14.8 Å². The molecule has 1 amide bonds. The Balaban J connectivity index is 2.00. The van der Waals surface area contributed by atoms with E-state index in [-0.39, 0.29) is 11.9 Å². The quantitative estimate of drug-likeness (QED) is 0.837. The van der Waals surface area contributed by atoms with E-state index in [4.69, 9.17) is 9.47 Å². The molecule has 0 heterocycles. The number of nitrogens with one attached hydrogen (secondary N) is 1. The highest BCUT2D eigenvalue weighted by atomic mass is 16.5. The van der Waals surface area contributed by atoms with Crippen LogP contribution in [0.25, 0.3) is 0 Å². The van der Waals surface area contributed by atoms with Crippen LogP contribution >= 0.6 is 0 Å². The summed E-state index contributed by atoms with van der Waals surface area (Å²) in [5.74, 6) is 1.15. The van der Waals surface area contributed by atoms with Gasteiger partial charge in [0.25, 0.3) is 0 Å². The Hall–Kier alpha value is -2.53.